The van der Waals surface area contributed by atoms with Crippen LogP contribution in [0.15, 0.2) is 18.2 Å². The smallest absolute Gasteiger partial charge is 0.261 e. The van der Waals surface area contributed by atoms with Gasteiger partial charge in [0.25, 0.3) is 17.7 Å². The van der Waals surface area contributed by atoms with Crippen molar-refractivity contribution in [1.29, 1.82) is 0 Å². The van der Waals surface area contributed by atoms with Crippen LogP contribution in [0.4, 0.5) is 0 Å². The summed E-state index contributed by atoms with van der Waals surface area (Å²) in [6.45, 7) is 3.30. The van der Waals surface area contributed by atoms with Crippen molar-refractivity contribution < 1.29 is 14.4 Å². The lowest BCUT2D eigenvalue weighted by molar-refractivity contribution is 0.0547. The van der Waals surface area contributed by atoms with E-state index in [-0.39, 0.29) is 42.2 Å². The van der Waals surface area contributed by atoms with E-state index in [1.807, 2.05) is 4.90 Å². The molecule has 1 aliphatic carbocycles. The Morgan fingerprint density at radius 3 is 2.45 bits per heavy atom. The maximum absolute atomic E-state index is 13.1. The average molecular weight is 420 g/mol. The SMILES string of the molecule is CC1CCN(C(=O)c2ccc3c(c2)C(=O)N(C2CCCCC2)C3=O)C(CN)C1.Cl. The largest absolute Gasteiger partial charge is 0.334 e. The molecule has 2 fully saturated rings. The van der Waals surface area contributed by atoms with Crippen LogP contribution in [0, 0.1) is 5.92 Å². The molecule has 6 nitrogen and oxygen atoms in total. The van der Waals surface area contributed by atoms with Gasteiger partial charge in [0.15, 0.2) is 0 Å². The molecule has 0 radical (unpaired) electrons. The second-order valence-corrected chi connectivity index (χ2v) is 8.55. The molecule has 0 aromatic heterocycles. The maximum Gasteiger partial charge on any atom is 0.261 e. The van der Waals surface area contributed by atoms with Gasteiger partial charge in [-0.2, -0.15) is 0 Å². The first-order valence-electron chi connectivity index (χ1n) is 10.5. The predicted molar refractivity (Wildman–Crippen MR) is 113 cm³/mol. The van der Waals surface area contributed by atoms with Gasteiger partial charge < -0.3 is 10.6 Å². The molecule has 158 valence electrons. The Morgan fingerprint density at radius 1 is 1.07 bits per heavy atom. The second kappa shape index (κ2) is 8.84. The van der Waals surface area contributed by atoms with Gasteiger partial charge in [-0.05, 0) is 49.8 Å². The fraction of sp³-hybridized carbons (Fsp3) is 0.591. The maximum atomic E-state index is 13.1. The molecule has 4 rings (SSSR count). The molecular formula is C22H30ClN3O3. The summed E-state index contributed by atoms with van der Waals surface area (Å²) in [6.07, 6.45) is 6.88. The topological polar surface area (TPSA) is 83.7 Å². The summed E-state index contributed by atoms with van der Waals surface area (Å²) >= 11 is 0. The van der Waals surface area contributed by atoms with Crippen molar-refractivity contribution in [3.63, 3.8) is 0 Å². The third-order valence-electron chi connectivity index (χ3n) is 6.62. The number of halogens is 1. The number of nitrogens with zero attached hydrogens (tertiary/aromatic N) is 2. The fourth-order valence-corrected chi connectivity index (χ4v) is 4.97. The zero-order valence-corrected chi connectivity index (χ0v) is 17.7. The predicted octanol–water partition coefficient (Wildman–Crippen LogP) is 3.24. The van der Waals surface area contributed by atoms with Crippen LogP contribution < -0.4 is 5.73 Å². The number of nitrogens with two attached hydrogens (primary N) is 1. The molecule has 0 spiro atoms. The molecule has 0 bridgehead atoms. The number of carbonyl (C=O) groups excluding carboxylic acids is 3. The molecular weight excluding hydrogens is 390 g/mol. The third kappa shape index (κ3) is 3.92. The van der Waals surface area contributed by atoms with Gasteiger partial charge in [-0.1, -0.05) is 26.2 Å². The van der Waals surface area contributed by atoms with E-state index in [0.717, 1.165) is 44.9 Å². The normalized spacial score (nSPS) is 25.0. The molecule has 1 saturated carbocycles. The van der Waals surface area contributed by atoms with Crippen molar-refractivity contribution in [2.75, 3.05) is 13.1 Å². The van der Waals surface area contributed by atoms with Gasteiger partial charge in [0.05, 0.1) is 11.1 Å². The Labute approximate surface area is 178 Å². The minimum absolute atomic E-state index is 0. The highest BCUT2D eigenvalue weighted by atomic mass is 35.5. The average Bonchev–Trinajstić information content (AvgIpc) is 2.97. The molecule has 3 amide bonds. The van der Waals surface area contributed by atoms with Crippen LogP contribution in [0.1, 0.15) is 82.9 Å². The van der Waals surface area contributed by atoms with Crippen LogP contribution in [0.2, 0.25) is 0 Å². The summed E-state index contributed by atoms with van der Waals surface area (Å²) < 4.78 is 0. The fourth-order valence-electron chi connectivity index (χ4n) is 4.97. The van der Waals surface area contributed by atoms with E-state index in [2.05, 4.69) is 6.92 Å². The number of fused-ring (bicyclic) bond motifs is 1. The highest BCUT2D eigenvalue weighted by Crippen LogP contribution is 2.32. The summed E-state index contributed by atoms with van der Waals surface area (Å²) in [7, 11) is 0. The lowest BCUT2D eigenvalue weighted by atomic mass is 9.91. The third-order valence-corrected chi connectivity index (χ3v) is 6.62. The van der Waals surface area contributed by atoms with Crippen molar-refractivity contribution in [3.8, 4) is 0 Å². The van der Waals surface area contributed by atoms with Crippen molar-refractivity contribution in [1.82, 2.24) is 9.80 Å². The second-order valence-electron chi connectivity index (χ2n) is 8.55. The highest BCUT2D eigenvalue weighted by molar-refractivity contribution is 6.22. The summed E-state index contributed by atoms with van der Waals surface area (Å²) in [4.78, 5) is 42.2. The molecule has 2 N–H and O–H groups in total. The van der Waals surface area contributed by atoms with Crippen LogP contribution in [0.25, 0.3) is 0 Å². The minimum atomic E-state index is -0.246. The first-order valence-corrected chi connectivity index (χ1v) is 10.5. The van der Waals surface area contributed by atoms with Gasteiger partial charge in [-0.3, -0.25) is 19.3 Å². The molecule has 7 heteroatoms. The number of piperidine rings is 1. The molecule has 1 saturated heterocycles. The first kappa shape index (κ1) is 21.8. The van der Waals surface area contributed by atoms with Gasteiger partial charge in [0, 0.05) is 30.7 Å². The molecule has 2 aliphatic heterocycles. The zero-order valence-electron chi connectivity index (χ0n) is 16.9. The van der Waals surface area contributed by atoms with Crippen LogP contribution in [-0.2, 0) is 0 Å². The molecule has 29 heavy (non-hydrogen) atoms. The lowest BCUT2D eigenvalue weighted by Gasteiger charge is -2.38. The molecule has 2 unspecified atom stereocenters. The van der Waals surface area contributed by atoms with E-state index in [1.165, 1.54) is 4.90 Å². The summed E-state index contributed by atoms with van der Waals surface area (Å²) in [6, 6.07) is 4.97. The van der Waals surface area contributed by atoms with Gasteiger partial charge in [0.2, 0.25) is 0 Å². The standard InChI is InChI=1S/C22H29N3O3.ClH/c1-14-9-10-24(17(11-14)13-23)20(26)15-7-8-18-19(12-15)22(28)25(21(18)27)16-5-3-2-4-6-16;/h7-8,12,14,16-17H,2-6,9-11,13,23H2,1H3;1H. The van der Waals surface area contributed by atoms with Crippen LogP contribution in [0.3, 0.4) is 0 Å². The lowest BCUT2D eigenvalue weighted by Crippen LogP contribution is -2.49. The Kier molecular flexibility index (Phi) is 6.64. The molecule has 3 aliphatic rings. The minimum Gasteiger partial charge on any atom is -0.334 e. The number of likely N-dealkylation sites (tertiary alicyclic amines) is 1. The van der Waals surface area contributed by atoms with Crippen molar-refractivity contribution >= 4 is 30.1 Å². The van der Waals surface area contributed by atoms with Gasteiger partial charge in [-0.25, -0.2) is 0 Å². The quantitative estimate of drug-likeness (QED) is 0.762. The summed E-state index contributed by atoms with van der Waals surface area (Å²) in [5.41, 5.74) is 7.17. The molecule has 2 atom stereocenters. The van der Waals surface area contributed by atoms with Crippen molar-refractivity contribution in [2.24, 2.45) is 11.7 Å². The summed E-state index contributed by atoms with van der Waals surface area (Å²) in [5, 5.41) is 0. The Morgan fingerprint density at radius 2 is 1.76 bits per heavy atom. The Bertz CT molecular complexity index is 806. The molecule has 2 heterocycles. The number of benzene rings is 1. The number of carbonyl (C=O) groups is 3. The van der Waals surface area contributed by atoms with Crippen LogP contribution in [0.5, 0.6) is 0 Å². The van der Waals surface area contributed by atoms with E-state index in [0.29, 0.717) is 35.7 Å². The summed E-state index contributed by atoms with van der Waals surface area (Å²) in [5.74, 6) is 0.00380. The Hall–Kier alpha value is -1.92. The number of hydrogen-bond donors (Lipinski definition) is 1. The number of amides is 3. The van der Waals surface area contributed by atoms with E-state index < -0.39 is 0 Å². The van der Waals surface area contributed by atoms with Crippen molar-refractivity contribution in [3.05, 3.63) is 34.9 Å². The van der Waals surface area contributed by atoms with Crippen LogP contribution in [-0.4, -0.2) is 52.7 Å². The number of rotatable bonds is 3. The van der Waals surface area contributed by atoms with E-state index in [9.17, 15) is 14.4 Å². The Balaban J connectivity index is 0.00000240. The number of imide groups is 1. The van der Waals surface area contributed by atoms with Gasteiger partial charge in [0.1, 0.15) is 0 Å². The van der Waals surface area contributed by atoms with E-state index >= 15 is 0 Å². The van der Waals surface area contributed by atoms with E-state index in [1.54, 1.807) is 18.2 Å². The number of hydrogen-bond acceptors (Lipinski definition) is 4. The molecule has 1 aromatic carbocycles. The van der Waals surface area contributed by atoms with Gasteiger partial charge >= 0.3 is 0 Å². The zero-order chi connectivity index (χ0) is 19.8. The van der Waals surface area contributed by atoms with Gasteiger partial charge in [-0.15, -0.1) is 12.4 Å². The van der Waals surface area contributed by atoms with Crippen molar-refractivity contribution in [2.45, 2.75) is 64.0 Å². The van der Waals surface area contributed by atoms with Crippen LogP contribution >= 0.6 is 12.4 Å². The monoisotopic (exact) mass is 419 g/mol. The first-order chi connectivity index (χ1) is 13.5. The molecule has 1 aromatic rings. The highest BCUT2D eigenvalue weighted by Gasteiger charge is 2.41. The van der Waals surface area contributed by atoms with E-state index in [4.69, 9.17) is 5.73 Å².